The van der Waals surface area contributed by atoms with E-state index in [-0.39, 0.29) is 9.84 Å². The Hall–Kier alpha value is -0.0900. The fourth-order valence-electron chi connectivity index (χ4n) is 1.03. The zero-order valence-corrected chi connectivity index (χ0v) is 8.67. The van der Waals surface area contributed by atoms with Crippen LogP contribution in [0.2, 0.25) is 0 Å². The number of hydrogen-bond acceptors (Lipinski definition) is 2. The lowest BCUT2D eigenvalue weighted by atomic mass is 10.2. The molecule has 0 amide bonds. The second-order valence-electron chi connectivity index (χ2n) is 2.28. The monoisotopic (exact) mass is 277 g/mol. The van der Waals surface area contributed by atoms with Crippen molar-refractivity contribution in [3.05, 3.63) is 24.0 Å². The van der Waals surface area contributed by atoms with Gasteiger partial charge in [-0.2, -0.15) is 0 Å². The van der Waals surface area contributed by atoms with Crippen LogP contribution in [0.25, 0.3) is 0 Å². The second kappa shape index (κ2) is 2.75. The van der Waals surface area contributed by atoms with Gasteiger partial charge in [-0.05, 0) is 22.0 Å². The normalized spacial score (nSPS) is 27.8. The molecule has 0 N–H and O–H groups in total. The van der Waals surface area contributed by atoms with E-state index >= 15 is 0 Å². The second-order valence-corrected chi connectivity index (χ2v) is 4.17. The highest BCUT2D eigenvalue weighted by Gasteiger charge is 2.29. The van der Waals surface area contributed by atoms with Gasteiger partial charge in [-0.3, -0.25) is 4.98 Å². The summed E-state index contributed by atoms with van der Waals surface area (Å²) in [4.78, 5) is 4.22. The molecule has 1 aliphatic heterocycles. The molecule has 2 atom stereocenters. The van der Waals surface area contributed by atoms with Crippen molar-refractivity contribution in [1.82, 2.24) is 4.98 Å². The molecule has 0 aromatic carbocycles. The van der Waals surface area contributed by atoms with Crippen LogP contribution in [-0.2, 0) is 0 Å². The third kappa shape index (κ3) is 1.18. The van der Waals surface area contributed by atoms with Gasteiger partial charge in [0.2, 0.25) is 0 Å². The summed E-state index contributed by atoms with van der Waals surface area (Å²) in [5.74, 6) is 0.906. The fourth-order valence-corrected chi connectivity index (χ4v) is 1.97. The molecule has 11 heavy (non-hydrogen) atoms. The summed E-state index contributed by atoms with van der Waals surface area (Å²) in [6, 6.07) is 1.87. The number of pyridine rings is 1. The van der Waals surface area contributed by atoms with Crippen LogP contribution < -0.4 is 4.74 Å². The van der Waals surface area contributed by atoms with Gasteiger partial charge in [0, 0.05) is 18.0 Å². The molecule has 1 aromatic rings. The highest BCUT2D eigenvalue weighted by Crippen LogP contribution is 2.43. The summed E-state index contributed by atoms with van der Waals surface area (Å²) >= 11 is 6.88. The molecule has 2 nitrogen and oxygen atoms in total. The molecule has 58 valence electrons. The standard InChI is InChI=1S/C7H5Br2NO/c8-6-4-3-10-2-1-5(4)11-7(6)9/h1-3,6-7H/t6-,7-/m0/s1. The van der Waals surface area contributed by atoms with Crippen LogP contribution in [0.15, 0.2) is 18.5 Å². The third-order valence-corrected chi connectivity index (χ3v) is 3.98. The van der Waals surface area contributed by atoms with E-state index in [4.69, 9.17) is 4.74 Å². The zero-order chi connectivity index (χ0) is 7.84. The minimum atomic E-state index is 0.0294. The summed E-state index contributed by atoms with van der Waals surface area (Å²) < 4.78 is 5.45. The van der Waals surface area contributed by atoms with E-state index in [9.17, 15) is 0 Å². The van der Waals surface area contributed by atoms with Crippen LogP contribution in [0.4, 0.5) is 0 Å². The van der Waals surface area contributed by atoms with Crippen LogP contribution in [0.1, 0.15) is 10.4 Å². The smallest absolute Gasteiger partial charge is 0.169 e. The molecule has 2 rings (SSSR count). The Labute approximate surface area is 81.2 Å². The fraction of sp³-hybridized carbons (Fsp3) is 0.286. The molecule has 1 aromatic heterocycles. The number of rotatable bonds is 0. The van der Waals surface area contributed by atoms with Crippen LogP contribution in [0, 0.1) is 0 Å². The first-order valence-corrected chi connectivity index (χ1v) is 5.01. The van der Waals surface area contributed by atoms with E-state index in [1.54, 1.807) is 6.20 Å². The molecule has 0 unspecified atom stereocenters. The highest BCUT2D eigenvalue weighted by molar-refractivity contribution is 9.12. The minimum Gasteiger partial charge on any atom is -0.477 e. The van der Waals surface area contributed by atoms with E-state index in [1.807, 2.05) is 12.3 Å². The number of alkyl halides is 2. The molecule has 4 heteroatoms. The van der Waals surface area contributed by atoms with Crippen molar-refractivity contribution in [3.63, 3.8) is 0 Å². The Morgan fingerprint density at radius 3 is 3.00 bits per heavy atom. The van der Waals surface area contributed by atoms with Gasteiger partial charge in [0.25, 0.3) is 0 Å². The minimum absolute atomic E-state index is 0.0294. The van der Waals surface area contributed by atoms with Gasteiger partial charge in [0.05, 0.1) is 4.83 Å². The molecule has 0 saturated heterocycles. The lowest BCUT2D eigenvalue weighted by Crippen LogP contribution is -2.03. The largest absolute Gasteiger partial charge is 0.477 e. The van der Waals surface area contributed by atoms with Gasteiger partial charge in [-0.15, -0.1) is 0 Å². The van der Waals surface area contributed by atoms with Crippen LogP contribution >= 0.6 is 31.9 Å². The van der Waals surface area contributed by atoms with Crippen molar-refractivity contribution in [2.75, 3.05) is 0 Å². The first kappa shape index (κ1) is 7.55. The molecule has 0 aliphatic carbocycles. The molecule has 2 heterocycles. The van der Waals surface area contributed by atoms with E-state index in [2.05, 4.69) is 36.8 Å². The number of fused-ring (bicyclic) bond motifs is 1. The zero-order valence-electron chi connectivity index (χ0n) is 5.50. The lowest BCUT2D eigenvalue weighted by molar-refractivity contribution is 0.328. The maximum absolute atomic E-state index is 5.45. The van der Waals surface area contributed by atoms with Crippen molar-refractivity contribution in [2.45, 2.75) is 9.84 Å². The van der Waals surface area contributed by atoms with Crippen molar-refractivity contribution in [3.8, 4) is 5.75 Å². The van der Waals surface area contributed by atoms with E-state index in [0.717, 1.165) is 11.3 Å². The summed E-state index contributed by atoms with van der Waals surface area (Å²) in [7, 11) is 0. The highest BCUT2D eigenvalue weighted by atomic mass is 79.9. The SMILES string of the molecule is Br[C@H]1Oc2ccncc2[C@@H]1Br. The first-order valence-electron chi connectivity index (χ1n) is 3.18. The van der Waals surface area contributed by atoms with Gasteiger partial charge in [0.1, 0.15) is 5.75 Å². The molecular formula is C7H5Br2NO. The van der Waals surface area contributed by atoms with Crippen LogP contribution in [-0.4, -0.2) is 10.00 Å². The van der Waals surface area contributed by atoms with Gasteiger partial charge in [-0.1, -0.05) is 15.9 Å². The van der Waals surface area contributed by atoms with Crippen molar-refractivity contribution < 1.29 is 4.74 Å². The molecule has 0 spiro atoms. The maximum Gasteiger partial charge on any atom is 0.169 e. The Balaban J connectivity index is 2.47. The molecule has 1 aliphatic rings. The number of hydrogen-bond donors (Lipinski definition) is 0. The van der Waals surface area contributed by atoms with Crippen molar-refractivity contribution >= 4 is 31.9 Å². The third-order valence-electron chi connectivity index (χ3n) is 1.58. The lowest BCUT2D eigenvalue weighted by Gasteiger charge is -2.02. The number of nitrogens with zero attached hydrogens (tertiary/aromatic N) is 1. The average Bonchev–Trinajstić information content (AvgIpc) is 2.30. The predicted molar refractivity (Wildman–Crippen MR) is 49.2 cm³/mol. The molecule has 0 bridgehead atoms. The van der Waals surface area contributed by atoms with E-state index < -0.39 is 0 Å². The Bertz CT molecular complexity index is 279. The molecular weight excluding hydrogens is 274 g/mol. The van der Waals surface area contributed by atoms with Crippen LogP contribution in [0.3, 0.4) is 0 Å². The van der Waals surface area contributed by atoms with Crippen LogP contribution in [0.5, 0.6) is 5.75 Å². The average molecular weight is 279 g/mol. The Morgan fingerprint density at radius 2 is 2.27 bits per heavy atom. The van der Waals surface area contributed by atoms with Crippen molar-refractivity contribution in [2.24, 2.45) is 0 Å². The van der Waals surface area contributed by atoms with E-state index in [0.29, 0.717) is 0 Å². The quantitative estimate of drug-likeness (QED) is 0.681. The van der Waals surface area contributed by atoms with E-state index in [1.165, 1.54) is 0 Å². The molecule has 0 saturated carbocycles. The van der Waals surface area contributed by atoms with Gasteiger partial charge in [0.15, 0.2) is 5.01 Å². The topological polar surface area (TPSA) is 22.1 Å². The number of ether oxygens (including phenoxy) is 1. The molecule has 0 fully saturated rings. The Morgan fingerprint density at radius 1 is 1.45 bits per heavy atom. The van der Waals surface area contributed by atoms with Gasteiger partial charge in [-0.25, -0.2) is 0 Å². The summed E-state index contributed by atoms with van der Waals surface area (Å²) in [5, 5.41) is 0.0294. The first-order chi connectivity index (χ1) is 5.29. The van der Waals surface area contributed by atoms with Crippen molar-refractivity contribution in [1.29, 1.82) is 0 Å². The summed E-state index contributed by atoms with van der Waals surface area (Å²) in [5.41, 5.74) is 1.11. The van der Waals surface area contributed by atoms with Gasteiger partial charge >= 0.3 is 0 Å². The van der Waals surface area contributed by atoms with Gasteiger partial charge < -0.3 is 4.74 Å². The predicted octanol–water partition coefficient (Wildman–Crippen LogP) is 2.63. The Kier molecular flexibility index (Phi) is 1.89. The number of halogens is 2. The molecule has 0 radical (unpaired) electrons. The summed E-state index contributed by atoms with van der Waals surface area (Å²) in [6.45, 7) is 0. The maximum atomic E-state index is 5.45. The summed E-state index contributed by atoms with van der Waals surface area (Å²) in [6.07, 6.45) is 3.54. The number of aromatic nitrogens is 1.